The van der Waals surface area contributed by atoms with Gasteiger partial charge < -0.3 is 20.1 Å². The van der Waals surface area contributed by atoms with Crippen LogP contribution in [0.4, 0.5) is 0 Å². The molecule has 0 saturated carbocycles. The van der Waals surface area contributed by atoms with Crippen LogP contribution in [0.1, 0.15) is 31.4 Å². The van der Waals surface area contributed by atoms with Gasteiger partial charge in [0.15, 0.2) is 5.96 Å². The molecule has 24 heavy (non-hydrogen) atoms. The van der Waals surface area contributed by atoms with Crippen molar-refractivity contribution in [1.29, 1.82) is 0 Å². The van der Waals surface area contributed by atoms with Crippen molar-refractivity contribution >= 4 is 29.2 Å². The third-order valence-corrected chi connectivity index (χ3v) is 4.01. The fourth-order valence-electron chi connectivity index (χ4n) is 2.11. The van der Waals surface area contributed by atoms with Crippen LogP contribution in [0.3, 0.4) is 0 Å². The van der Waals surface area contributed by atoms with Gasteiger partial charge in [-0.25, -0.2) is 0 Å². The van der Waals surface area contributed by atoms with Crippen molar-refractivity contribution in [3.8, 4) is 0 Å². The molecule has 0 bridgehead atoms. The summed E-state index contributed by atoms with van der Waals surface area (Å²) < 4.78 is 10.4. The third kappa shape index (κ3) is 8.20. The molecule has 0 amide bonds. The van der Waals surface area contributed by atoms with E-state index in [0.717, 1.165) is 37.5 Å². The van der Waals surface area contributed by atoms with Gasteiger partial charge in [-0.15, -0.1) is 0 Å². The lowest BCUT2D eigenvalue weighted by Crippen LogP contribution is -2.39. The summed E-state index contributed by atoms with van der Waals surface area (Å²) in [7, 11) is 3.42. The predicted molar refractivity (Wildman–Crippen MR) is 101 cm³/mol. The summed E-state index contributed by atoms with van der Waals surface area (Å²) in [5, 5.41) is 7.89. The molecule has 0 saturated heterocycles. The molecule has 0 aliphatic heterocycles. The minimum atomic E-state index is 0.0262. The molecule has 0 aliphatic rings. The summed E-state index contributed by atoms with van der Waals surface area (Å²) in [6, 6.07) is 5.53. The standard InChI is InChI=1S/C17H27Cl2N3O2/c1-13(15-7-6-14(18)12-16(15)19)22-17(20-2)21-8-4-5-9-24-11-10-23-3/h6-7,12-13H,4-5,8-11H2,1-3H3,(H2,20,21,22). The van der Waals surface area contributed by atoms with Crippen molar-refractivity contribution in [2.45, 2.75) is 25.8 Å². The molecule has 1 aromatic rings. The maximum atomic E-state index is 6.24. The van der Waals surface area contributed by atoms with Crippen molar-refractivity contribution in [2.75, 3.05) is 40.5 Å². The summed E-state index contributed by atoms with van der Waals surface area (Å²) >= 11 is 12.2. The number of nitrogens with zero attached hydrogens (tertiary/aromatic N) is 1. The van der Waals surface area contributed by atoms with Gasteiger partial charge in [0.25, 0.3) is 0 Å². The topological polar surface area (TPSA) is 54.9 Å². The van der Waals surface area contributed by atoms with Crippen LogP contribution in [0, 0.1) is 0 Å². The fourth-order valence-corrected chi connectivity index (χ4v) is 2.68. The number of guanidine groups is 1. The number of hydrogen-bond donors (Lipinski definition) is 2. The van der Waals surface area contributed by atoms with Crippen LogP contribution in [0.25, 0.3) is 0 Å². The zero-order valence-electron chi connectivity index (χ0n) is 14.6. The highest BCUT2D eigenvalue weighted by Gasteiger charge is 2.11. The van der Waals surface area contributed by atoms with Gasteiger partial charge in [0.1, 0.15) is 0 Å². The molecule has 1 rings (SSSR count). The Morgan fingerprint density at radius 2 is 2.00 bits per heavy atom. The highest BCUT2D eigenvalue weighted by molar-refractivity contribution is 6.35. The van der Waals surface area contributed by atoms with Gasteiger partial charge in [-0.2, -0.15) is 0 Å². The molecule has 0 spiro atoms. The van der Waals surface area contributed by atoms with Crippen LogP contribution in [0.2, 0.25) is 10.0 Å². The first-order chi connectivity index (χ1) is 11.6. The monoisotopic (exact) mass is 375 g/mol. The van der Waals surface area contributed by atoms with E-state index in [1.165, 1.54) is 0 Å². The van der Waals surface area contributed by atoms with Gasteiger partial charge in [-0.1, -0.05) is 29.3 Å². The average molecular weight is 376 g/mol. The van der Waals surface area contributed by atoms with E-state index in [-0.39, 0.29) is 6.04 Å². The van der Waals surface area contributed by atoms with Crippen LogP contribution in [0.5, 0.6) is 0 Å². The van der Waals surface area contributed by atoms with Crippen molar-refractivity contribution in [1.82, 2.24) is 10.6 Å². The van der Waals surface area contributed by atoms with E-state index in [2.05, 4.69) is 15.6 Å². The lowest BCUT2D eigenvalue weighted by atomic mass is 10.1. The largest absolute Gasteiger partial charge is 0.382 e. The van der Waals surface area contributed by atoms with E-state index in [4.69, 9.17) is 32.7 Å². The van der Waals surface area contributed by atoms with Crippen LogP contribution < -0.4 is 10.6 Å². The number of unbranched alkanes of at least 4 members (excludes halogenated alkanes) is 1. The minimum Gasteiger partial charge on any atom is -0.382 e. The van der Waals surface area contributed by atoms with E-state index in [1.807, 2.05) is 19.1 Å². The van der Waals surface area contributed by atoms with E-state index in [9.17, 15) is 0 Å². The maximum absolute atomic E-state index is 6.24. The second-order valence-corrected chi connectivity index (χ2v) is 6.19. The molecule has 2 N–H and O–H groups in total. The molecular formula is C17H27Cl2N3O2. The molecule has 0 fully saturated rings. The SMILES string of the molecule is CN=C(NCCCCOCCOC)NC(C)c1ccc(Cl)cc1Cl. The molecule has 0 aliphatic carbocycles. The molecule has 0 aromatic heterocycles. The Morgan fingerprint density at radius 3 is 2.67 bits per heavy atom. The van der Waals surface area contributed by atoms with Crippen molar-refractivity contribution in [3.63, 3.8) is 0 Å². The zero-order chi connectivity index (χ0) is 17.8. The Hall–Kier alpha value is -1.01. The van der Waals surface area contributed by atoms with Crippen molar-refractivity contribution in [2.24, 2.45) is 4.99 Å². The first-order valence-electron chi connectivity index (χ1n) is 8.07. The molecule has 7 heteroatoms. The molecule has 5 nitrogen and oxygen atoms in total. The van der Waals surface area contributed by atoms with E-state index < -0.39 is 0 Å². The molecule has 1 atom stereocenters. The lowest BCUT2D eigenvalue weighted by Gasteiger charge is -2.19. The number of hydrogen-bond acceptors (Lipinski definition) is 3. The van der Waals surface area contributed by atoms with Gasteiger partial charge >= 0.3 is 0 Å². The maximum Gasteiger partial charge on any atom is 0.191 e. The Labute approximate surface area is 154 Å². The molecule has 1 unspecified atom stereocenters. The van der Waals surface area contributed by atoms with E-state index >= 15 is 0 Å². The molecule has 136 valence electrons. The third-order valence-electron chi connectivity index (χ3n) is 3.45. The van der Waals surface area contributed by atoms with Gasteiger partial charge in [-0.3, -0.25) is 4.99 Å². The number of rotatable bonds is 10. The van der Waals surface area contributed by atoms with Gasteiger partial charge in [-0.05, 0) is 37.5 Å². The molecular weight excluding hydrogens is 349 g/mol. The molecule has 1 aromatic carbocycles. The summed E-state index contributed by atoms with van der Waals surface area (Å²) in [5.41, 5.74) is 0.982. The van der Waals surface area contributed by atoms with Crippen LogP contribution in [-0.2, 0) is 9.47 Å². The number of benzene rings is 1. The quantitative estimate of drug-likeness (QED) is 0.372. The molecule has 0 heterocycles. The minimum absolute atomic E-state index is 0.0262. The Balaban J connectivity index is 2.29. The van der Waals surface area contributed by atoms with Gasteiger partial charge in [0.05, 0.1) is 19.3 Å². The first kappa shape index (κ1) is 21.0. The average Bonchev–Trinajstić information content (AvgIpc) is 2.55. The van der Waals surface area contributed by atoms with Gasteiger partial charge in [0.2, 0.25) is 0 Å². The zero-order valence-corrected chi connectivity index (χ0v) is 16.1. The highest BCUT2D eigenvalue weighted by Crippen LogP contribution is 2.25. The predicted octanol–water partition coefficient (Wildman–Crippen LogP) is 3.66. The van der Waals surface area contributed by atoms with E-state index in [1.54, 1.807) is 20.2 Å². The van der Waals surface area contributed by atoms with Crippen molar-refractivity contribution < 1.29 is 9.47 Å². The Morgan fingerprint density at radius 1 is 1.21 bits per heavy atom. The molecule has 0 radical (unpaired) electrons. The van der Waals surface area contributed by atoms with Crippen LogP contribution >= 0.6 is 23.2 Å². The normalized spacial score (nSPS) is 13.0. The second-order valence-electron chi connectivity index (χ2n) is 5.34. The van der Waals surface area contributed by atoms with Crippen LogP contribution in [0.15, 0.2) is 23.2 Å². The second kappa shape index (κ2) is 12.4. The Kier molecular flexibility index (Phi) is 10.8. The number of nitrogens with one attached hydrogen (secondary N) is 2. The number of halogens is 2. The summed E-state index contributed by atoms with van der Waals surface area (Å²) in [6.45, 7) is 4.89. The summed E-state index contributed by atoms with van der Waals surface area (Å²) in [4.78, 5) is 4.24. The lowest BCUT2D eigenvalue weighted by molar-refractivity contribution is 0.0689. The smallest absolute Gasteiger partial charge is 0.191 e. The number of ether oxygens (including phenoxy) is 2. The first-order valence-corrected chi connectivity index (χ1v) is 8.83. The van der Waals surface area contributed by atoms with Crippen molar-refractivity contribution in [3.05, 3.63) is 33.8 Å². The Bertz CT molecular complexity index is 513. The van der Waals surface area contributed by atoms with E-state index in [0.29, 0.717) is 23.3 Å². The summed E-state index contributed by atoms with van der Waals surface area (Å²) in [6.07, 6.45) is 2.00. The summed E-state index contributed by atoms with van der Waals surface area (Å²) in [5.74, 6) is 0.744. The highest BCUT2D eigenvalue weighted by atomic mass is 35.5. The van der Waals surface area contributed by atoms with Gasteiger partial charge in [0, 0.05) is 37.4 Å². The van der Waals surface area contributed by atoms with Crippen LogP contribution in [-0.4, -0.2) is 46.5 Å². The fraction of sp³-hybridized carbons (Fsp3) is 0.588. The number of methoxy groups -OCH3 is 1. The number of aliphatic imine (C=N–C) groups is 1.